The molecule has 1 aromatic rings. The van der Waals surface area contributed by atoms with Crippen molar-refractivity contribution in [1.82, 2.24) is 0 Å². The van der Waals surface area contributed by atoms with Crippen LogP contribution in [0.15, 0.2) is 16.6 Å². The first-order valence-corrected chi connectivity index (χ1v) is 6.78. The fourth-order valence-electron chi connectivity index (χ4n) is 2.36. The fraction of sp³-hybridized carbons (Fsp3) is 0.538. The third-order valence-electron chi connectivity index (χ3n) is 3.46. The summed E-state index contributed by atoms with van der Waals surface area (Å²) >= 11 is 3.08. The van der Waals surface area contributed by atoms with Crippen molar-refractivity contribution in [3.63, 3.8) is 0 Å². The van der Waals surface area contributed by atoms with Crippen LogP contribution in [-0.2, 0) is 0 Å². The van der Waals surface area contributed by atoms with E-state index < -0.39 is 11.6 Å². The highest BCUT2D eigenvalue weighted by Crippen LogP contribution is 2.29. The second kappa shape index (κ2) is 5.34. The van der Waals surface area contributed by atoms with Crippen molar-refractivity contribution in [2.24, 2.45) is 5.92 Å². The molecule has 1 N–H and O–H groups in total. The smallest absolute Gasteiger partial charge is 0.149 e. The molecule has 4 heteroatoms. The summed E-state index contributed by atoms with van der Waals surface area (Å²) in [4.78, 5) is 0. The predicted molar refractivity (Wildman–Crippen MR) is 69.1 cm³/mol. The molecule has 0 saturated heterocycles. The summed E-state index contributed by atoms with van der Waals surface area (Å²) in [7, 11) is 0. The van der Waals surface area contributed by atoms with Gasteiger partial charge in [-0.2, -0.15) is 0 Å². The second-order valence-electron chi connectivity index (χ2n) is 4.76. The molecule has 1 aliphatic carbocycles. The molecular formula is C13H16BrF2N. The van der Waals surface area contributed by atoms with Gasteiger partial charge in [-0.1, -0.05) is 19.8 Å². The van der Waals surface area contributed by atoms with E-state index in [0.29, 0.717) is 16.1 Å². The van der Waals surface area contributed by atoms with E-state index in [1.54, 1.807) is 0 Å². The highest BCUT2D eigenvalue weighted by atomic mass is 79.9. The van der Waals surface area contributed by atoms with Crippen molar-refractivity contribution in [1.29, 1.82) is 0 Å². The zero-order valence-electron chi connectivity index (χ0n) is 9.77. The highest BCUT2D eigenvalue weighted by molar-refractivity contribution is 9.10. The van der Waals surface area contributed by atoms with Gasteiger partial charge in [0.2, 0.25) is 0 Å². The van der Waals surface area contributed by atoms with E-state index in [9.17, 15) is 8.78 Å². The van der Waals surface area contributed by atoms with Gasteiger partial charge in [0.25, 0.3) is 0 Å². The van der Waals surface area contributed by atoms with Crippen molar-refractivity contribution < 1.29 is 8.78 Å². The van der Waals surface area contributed by atoms with Gasteiger partial charge in [-0.15, -0.1) is 0 Å². The van der Waals surface area contributed by atoms with Gasteiger partial charge in [0.1, 0.15) is 11.6 Å². The van der Waals surface area contributed by atoms with Crippen LogP contribution in [0.25, 0.3) is 0 Å². The molecule has 94 valence electrons. The summed E-state index contributed by atoms with van der Waals surface area (Å²) in [6.45, 7) is 2.17. The number of hydrogen-bond donors (Lipinski definition) is 1. The van der Waals surface area contributed by atoms with E-state index in [0.717, 1.165) is 12.5 Å². The Morgan fingerprint density at radius 1 is 1.18 bits per heavy atom. The monoisotopic (exact) mass is 303 g/mol. The van der Waals surface area contributed by atoms with Crippen LogP contribution in [0.1, 0.15) is 32.6 Å². The van der Waals surface area contributed by atoms with Gasteiger partial charge in [0.15, 0.2) is 0 Å². The van der Waals surface area contributed by atoms with Crippen molar-refractivity contribution >= 4 is 21.6 Å². The lowest BCUT2D eigenvalue weighted by Gasteiger charge is -2.30. The van der Waals surface area contributed by atoms with Crippen molar-refractivity contribution in [3.05, 3.63) is 28.2 Å². The van der Waals surface area contributed by atoms with E-state index in [-0.39, 0.29) is 6.04 Å². The summed E-state index contributed by atoms with van der Waals surface area (Å²) < 4.78 is 27.0. The van der Waals surface area contributed by atoms with Gasteiger partial charge in [-0.25, -0.2) is 8.78 Å². The third kappa shape index (κ3) is 2.97. The van der Waals surface area contributed by atoms with E-state index in [4.69, 9.17) is 0 Å². The molecule has 1 saturated carbocycles. The van der Waals surface area contributed by atoms with Gasteiger partial charge in [-0.3, -0.25) is 0 Å². The Balaban J connectivity index is 2.15. The molecule has 1 aromatic carbocycles. The van der Waals surface area contributed by atoms with E-state index in [1.165, 1.54) is 25.3 Å². The highest BCUT2D eigenvalue weighted by Gasteiger charge is 2.22. The predicted octanol–water partition coefficient (Wildman–Crippen LogP) is 4.72. The van der Waals surface area contributed by atoms with Gasteiger partial charge in [-0.05, 0) is 40.8 Å². The molecule has 0 radical (unpaired) electrons. The molecule has 0 aliphatic heterocycles. The maximum atomic E-state index is 13.6. The summed E-state index contributed by atoms with van der Waals surface area (Å²) in [5.41, 5.74) is 0.386. The van der Waals surface area contributed by atoms with Crippen LogP contribution in [0.5, 0.6) is 0 Å². The molecule has 0 amide bonds. The van der Waals surface area contributed by atoms with E-state index >= 15 is 0 Å². The minimum Gasteiger partial charge on any atom is -0.380 e. The number of nitrogens with one attached hydrogen (secondary N) is 1. The zero-order chi connectivity index (χ0) is 12.4. The van der Waals surface area contributed by atoms with E-state index in [2.05, 4.69) is 28.2 Å². The van der Waals surface area contributed by atoms with Crippen LogP contribution in [0, 0.1) is 17.6 Å². The Labute approximate surface area is 109 Å². The number of halogens is 3. The minimum absolute atomic E-state index is 0.288. The van der Waals surface area contributed by atoms with Crippen molar-refractivity contribution in [2.45, 2.75) is 38.6 Å². The Hall–Kier alpha value is -0.640. The van der Waals surface area contributed by atoms with Crippen LogP contribution < -0.4 is 5.32 Å². The lowest BCUT2D eigenvalue weighted by Crippen LogP contribution is -2.30. The molecule has 0 aromatic heterocycles. The molecule has 17 heavy (non-hydrogen) atoms. The third-order valence-corrected chi connectivity index (χ3v) is 4.07. The molecule has 1 fully saturated rings. The number of benzene rings is 1. The molecule has 0 heterocycles. The summed E-state index contributed by atoms with van der Waals surface area (Å²) in [6, 6.07) is 2.68. The van der Waals surface area contributed by atoms with Gasteiger partial charge in [0.05, 0.1) is 10.2 Å². The fourth-order valence-corrected chi connectivity index (χ4v) is 2.71. The second-order valence-corrected chi connectivity index (χ2v) is 5.61. The number of hydrogen-bond acceptors (Lipinski definition) is 1. The minimum atomic E-state index is -0.565. The average molecular weight is 304 g/mol. The lowest BCUT2D eigenvalue weighted by molar-refractivity contribution is 0.348. The van der Waals surface area contributed by atoms with E-state index in [1.807, 2.05) is 0 Å². The molecular weight excluding hydrogens is 288 g/mol. The van der Waals surface area contributed by atoms with Gasteiger partial charge in [0, 0.05) is 12.1 Å². The summed E-state index contributed by atoms with van der Waals surface area (Å²) in [5.74, 6) is -0.555. The molecule has 2 atom stereocenters. The van der Waals surface area contributed by atoms with Crippen molar-refractivity contribution in [2.75, 3.05) is 5.32 Å². The van der Waals surface area contributed by atoms with Crippen LogP contribution in [-0.4, -0.2) is 6.04 Å². The largest absolute Gasteiger partial charge is 0.380 e. The Kier molecular flexibility index (Phi) is 4.02. The van der Waals surface area contributed by atoms with Gasteiger partial charge < -0.3 is 5.32 Å². The standard InChI is InChI=1S/C13H16BrF2N/c1-8-4-2-3-5-12(8)17-13-6-9(14)10(15)7-11(13)16/h6-8,12,17H,2-5H2,1H3. The first kappa shape index (κ1) is 12.8. The molecule has 1 nitrogen and oxygen atoms in total. The average Bonchev–Trinajstić information content (AvgIpc) is 2.29. The van der Waals surface area contributed by atoms with Crippen molar-refractivity contribution in [3.8, 4) is 0 Å². The molecule has 1 aliphatic rings. The normalized spacial score (nSPS) is 24.7. The first-order chi connectivity index (χ1) is 8.08. The summed E-state index contributed by atoms with van der Waals surface area (Å²) in [6.07, 6.45) is 4.64. The number of rotatable bonds is 2. The van der Waals surface area contributed by atoms with Gasteiger partial charge >= 0.3 is 0 Å². The number of anilines is 1. The van der Waals surface area contributed by atoms with Crippen LogP contribution in [0.2, 0.25) is 0 Å². The topological polar surface area (TPSA) is 12.0 Å². The summed E-state index contributed by atoms with van der Waals surface area (Å²) in [5, 5.41) is 3.20. The zero-order valence-corrected chi connectivity index (χ0v) is 11.4. The van der Waals surface area contributed by atoms with Crippen LogP contribution in [0.4, 0.5) is 14.5 Å². The quantitative estimate of drug-likeness (QED) is 0.780. The van der Waals surface area contributed by atoms with Crippen LogP contribution in [0.3, 0.4) is 0 Å². The van der Waals surface area contributed by atoms with Crippen LogP contribution >= 0.6 is 15.9 Å². The lowest BCUT2D eigenvalue weighted by atomic mass is 9.86. The molecule has 0 bridgehead atoms. The Morgan fingerprint density at radius 3 is 2.59 bits per heavy atom. The molecule has 2 unspecified atom stereocenters. The Bertz CT molecular complexity index is 409. The first-order valence-electron chi connectivity index (χ1n) is 5.99. The SMILES string of the molecule is CC1CCCCC1Nc1cc(Br)c(F)cc1F. The maximum Gasteiger partial charge on any atom is 0.149 e. The Morgan fingerprint density at radius 2 is 1.88 bits per heavy atom. The molecule has 0 spiro atoms. The molecule has 2 rings (SSSR count). The maximum absolute atomic E-state index is 13.6.